The Bertz CT molecular complexity index is 304. The third-order valence-electron chi connectivity index (χ3n) is 3.36. The molecule has 1 aliphatic rings. The van der Waals surface area contributed by atoms with E-state index in [0.29, 0.717) is 12.5 Å². The van der Waals surface area contributed by atoms with Gasteiger partial charge in [0.15, 0.2) is 0 Å². The number of amides is 2. The number of hydrogen-bond donors (Lipinski definition) is 3. The number of carbonyl (C=O) groups excluding carboxylic acids is 2. The van der Waals surface area contributed by atoms with Crippen LogP contribution in [0.5, 0.6) is 0 Å². The minimum Gasteiger partial charge on any atom is -0.355 e. The molecule has 1 fully saturated rings. The number of carbonyl (C=O) groups is 2. The van der Waals surface area contributed by atoms with E-state index >= 15 is 0 Å². The summed E-state index contributed by atoms with van der Waals surface area (Å²) >= 11 is 0. The van der Waals surface area contributed by atoms with Gasteiger partial charge in [-0.1, -0.05) is 20.8 Å². The minimum absolute atomic E-state index is 0.0685. The van der Waals surface area contributed by atoms with Crippen LogP contribution in [-0.4, -0.2) is 38.0 Å². The number of piperidine rings is 1. The van der Waals surface area contributed by atoms with Crippen LogP contribution in [0.25, 0.3) is 0 Å². The van der Waals surface area contributed by atoms with Gasteiger partial charge in [0.05, 0.1) is 6.54 Å². The smallest absolute Gasteiger partial charge is 0.239 e. The molecule has 5 heteroatoms. The molecule has 110 valence electrons. The summed E-state index contributed by atoms with van der Waals surface area (Å²) in [5.41, 5.74) is -0.450. The van der Waals surface area contributed by atoms with E-state index in [4.69, 9.17) is 0 Å². The van der Waals surface area contributed by atoms with E-state index in [9.17, 15) is 9.59 Å². The molecule has 0 saturated carbocycles. The molecule has 2 amide bonds. The van der Waals surface area contributed by atoms with Crippen LogP contribution in [0.4, 0.5) is 0 Å². The second-order valence-electron chi connectivity index (χ2n) is 6.28. The molecule has 1 heterocycles. The van der Waals surface area contributed by atoms with Crippen molar-refractivity contribution in [3.63, 3.8) is 0 Å². The molecular weight excluding hydrogens is 242 g/mol. The van der Waals surface area contributed by atoms with Crippen LogP contribution in [0.1, 0.15) is 40.0 Å². The van der Waals surface area contributed by atoms with Crippen LogP contribution < -0.4 is 16.0 Å². The van der Waals surface area contributed by atoms with Gasteiger partial charge in [0.2, 0.25) is 11.8 Å². The maximum absolute atomic E-state index is 11.6. The summed E-state index contributed by atoms with van der Waals surface area (Å²) in [6.07, 6.45) is 3.47. The van der Waals surface area contributed by atoms with E-state index in [1.165, 1.54) is 12.8 Å². The Labute approximate surface area is 115 Å². The highest BCUT2D eigenvalue weighted by atomic mass is 16.2. The standard InChI is InChI=1S/C14H27N3O2/c1-14(2,3)13(19)17-10-12(18)16-8-6-11-5-4-7-15-9-11/h11,15H,4-10H2,1-3H3,(H,16,18)(H,17,19). The molecule has 5 nitrogen and oxygen atoms in total. The van der Waals surface area contributed by atoms with Crippen molar-refractivity contribution in [1.29, 1.82) is 0 Å². The lowest BCUT2D eigenvalue weighted by atomic mass is 9.96. The molecule has 3 N–H and O–H groups in total. The lowest BCUT2D eigenvalue weighted by Crippen LogP contribution is -2.42. The van der Waals surface area contributed by atoms with Crippen molar-refractivity contribution in [2.24, 2.45) is 11.3 Å². The van der Waals surface area contributed by atoms with Crippen molar-refractivity contribution < 1.29 is 9.59 Å². The second kappa shape index (κ2) is 7.48. The van der Waals surface area contributed by atoms with Crippen LogP contribution in [0.15, 0.2) is 0 Å². The van der Waals surface area contributed by atoms with E-state index in [-0.39, 0.29) is 18.4 Å². The SMILES string of the molecule is CC(C)(C)C(=O)NCC(=O)NCCC1CCCNC1. The van der Waals surface area contributed by atoms with Crippen molar-refractivity contribution in [2.45, 2.75) is 40.0 Å². The van der Waals surface area contributed by atoms with Crippen molar-refractivity contribution >= 4 is 11.8 Å². The molecule has 1 atom stereocenters. The van der Waals surface area contributed by atoms with E-state index in [0.717, 1.165) is 19.5 Å². The average molecular weight is 269 g/mol. The fourth-order valence-corrected chi connectivity index (χ4v) is 2.07. The van der Waals surface area contributed by atoms with Crippen LogP contribution in [0, 0.1) is 11.3 Å². The molecule has 1 rings (SSSR count). The average Bonchev–Trinajstić information content (AvgIpc) is 2.36. The molecule has 0 aliphatic carbocycles. The molecule has 0 radical (unpaired) electrons. The van der Waals surface area contributed by atoms with Gasteiger partial charge < -0.3 is 16.0 Å². The Balaban J connectivity index is 2.09. The monoisotopic (exact) mass is 269 g/mol. The summed E-state index contributed by atoms with van der Waals surface area (Å²) in [5, 5.41) is 8.86. The summed E-state index contributed by atoms with van der Waals surface area (Å²) < 4.78 is 0. The molecule has 19 heavy (non-hydrogen) atoms. The molecule has 0 spiro atoms. The highest BCUT2D eigenvalue weighted by molar-refractivity contribution is 5.87. The molecular formula is C14H27N3O2. The Morgan fingerprint density at radius 2 is 2.00 bits per heavy atom. The minimum atomic E-state index is -0.450. The van der Waals surface area contributed by atoms with Crippen LogP contribution >= 0.6 is 0 Å². The predicted octanol–water partition coefficient (Wildman–Crippen LogP) is 0.655. The first kappa shape index (κ1) is 16.0. The predicted molar refractivity (Wildman–Crippen MR) is 75.7 cm³/mol. The van der Waals surface area contributed by atoms with Gasteiger partial charge >= 0.3 is 0 Å². The van der Waals surface area contributed by atoms with E-state index in [2.05, 4.69) is 16.0 Å². The first-order valence-electron chi connectivity index (χ1n) is 7.15. The number of rotatable bonds is 5. The summed E-state index contributed by atoms with van der Waals surface area (Å²) in [7, 11) is 0. The highest BCUT2D eigenvalue weighted by Gasteiger charge is 2.21. The zero-order chi connectivity index (χ0) is 14.3. The third kappa shape index (κ3) is 6.57. The van der Waals surface area contributed by atoms with Gasteiger partial charge in [0, 0.05) is 12.0 Å². The Kier molecular flexibility index (Phi) is 6.28. The number of hydrogen-bond acceptors (Lipinski definition) is 3. The summed E-state index contributed by atoms with van der Waals surface area (Å²) in [4.78, 5) is 23.2. The lowest BCUT2D eigenvalue weighted by molar-refractivity contribution is -0.131. The molecule has 0 aromatic carbocycles. The first-order valence-corrected chi connectivity index (χ1v) is 7.15. The largest absolute Gasteiger partial charge is 0.355 e. The fourth-order valence-electron chi connectivity index (χ4n) is 2.07. The first-order chi connectivity index (χ1) is 8.89. The van der Waals surface area contributed by atoms with Crippen LogP contribution in [-0.2, 0) is 9.59 Å². The molecule has 1 saturated heterocycles. The summed E-state index contributed by atoms with van der Waals surface area (Å²) in [6.45, 7) is 8.41. The van der Waals surface area contributed by atoms with Crippen LogP contribution in [0.2, 0.25) is 0 Å². The van der Waals surface area contributed by atoms with Gasteiger partial charge in [0.25, 0.3) is 0 Å². The van der Waals surface area contributed by atoms with Crippen molar-refractivity contribution in [2.75, 3.05) is 26.2 Å². The van der Waals surface area contributed by atoms with Crippen molar-refractivity contribution in [1.82, 2.24) is 16.0 Å². The summed E-state index contributed by atoms with van der Waals surface area (Å²) in [6, 6.07) is 0. The quantitative estimate of drug-likeness (QED) is 0.686. The molecule has 0 aromatic rings. The van der Waals surface area contributed by atoms with Gasteiger partial charge in [0.1, 0.15) is 0 Å². The highest BCUT2D eigenvalue weighted by Crippen LogP contribution is 2.13. The maximum Gasteiger partial charge on any atom is 0.239 e. The molecule has 0 bridgehead atoms. The van der Waals surface area contributed by atoms with Crippen molar-refractivity contribution in [3.8, 4) is 0 Å². The fraction of sp³-hybridized carbons (Fsp3) is 0.857. The van der Waals surface area contributed by atoms with E-state index < -0.39 is 5.41 Å². The third-order valence-corrected chi connectivity index (χ3v) is 3.36. The lowest BCUT2D eigenvalue weighted by Gasteiger charge is -2.22. The Morgan fingerprint density at radius 3 is 2.58 bits per heavy atom. The van der Waals surface area contributed by atoms with Crippen LogP contribution in [0.3, 0.4) is 0 Å². The van der Waals surface area contributed by atoms with Gasteiger partial charge in [-0.2, -0.15) is 0 Å². The summed E-state index contributed by atoms with van der Waals surface area (Å²) in [5.74, 6) is 0.457. The number of nitrogens with one attached hydrogen (secondary N) is 3. The van der Waals surface area contributed by atoms with Gasteiger partial charge in [-0.05, 0) is 38.3 Å². The topological polar surface area (TPSA) is 70.2 Å². The Morgan fingerprint density at radius 1 is 1.26 bits per heavy atom. The van der Waals surface area contributed by atoms with Gasteiger partial charge in [-0.25, -0.2) is 0 Å². The normalized spacial score (nSPS) is 19.8. The second-order valence-corrected chi connectivity index (χ2v) is 6.28. The molecule has 1 aliphatic heterocycles. The van der Waals surface area contributed by atoms with Gasteiger partial charge in [-0.3, -0.25) is 9.59 Å². The Hall–Kier alpha value is -1.10. The van der Waals surface area contributed by atoms with Gasteiger partial charge in [-0.15, -0.1) is 0 Å². The zero-order valence-corrected chi connectivity index (χ0v) is 12.3. The van der Waals surface area contributed by atoms with E-state index in [1.807, 2.05) is 20.8 Å². The molecule has 0 aromatic heterocycles. The molecule has 1 unspecified atom stereocenters. The van der Waals surface area contributed by atoms with E-state index in [1.54, 1.807) is 0 Å². The maximum atomic E-state index is 11.6. The zero-order valence-electron chi connectivity index (χ0n) is 12.3. The van der Waals surface area contributed by atoms with Crippen molar-refractivity contribution in [3.05, 3.63) is 0 Å².